The molecule has 0 amide bonds. The van der Waals surface area contributed by atoms with E-state index in [1.165, 1.54) is 6.42 Å². The van der Waals surface area contributed by atoms with Crippen LogP contribution in [0.4, 0.5) is 0 Å². The minimum Gasteiger partial charge on any atom is -0.461 e. The number of carbonyl (C=O) groups excluding carboxylic acids is 1. The van der Waals surface area contributed by atoms with Crippen molar-refractivity contribution in [1.29, 1.82) is 0 Å². The fourth-order valence-electron chi connectivity index (χ4n) is 1.63. The van der Waals surface area contributed by atoms with Crippen LogP contribution in [0.5, 0.6) is 0 Å². The van der Waals surface area contributed by atoms with Gasteiger partial charge in [0.25, 0.3) is 0 Å². The highest BCUT2D eigenvalue weighted by Crippen LogP contribution is 2.28. The number of hydrogen-bond acceptors (Lipinski definition) is 3. The second kappa shape index (κ2) is 3.44. The van der Waals surface area contributed by atoms with Gasteiger partial charge in [-0.25, -0.2) is 0 Å². The van der Waals surface area contributed by atoms with Crippen LogP contribution in [0.3, 0.4) is 0 Å². The van der Waals surface area contributed by atoms with Gasteiger partial charge >= 0.3 is 5.97 Å². The van der Waals surface area contributed by atoms with Gasteiger partial charge in [-0.15, -0.1) is 0 Å². The van der Waals surface area contributed by atoms with Gasteiger partial charge in [0.2, 0.25) is 0 Å². The summed E-state index contributed by atoms with van der Waals surface area (Å²) in [5, 5.41) is 3.18. The highest BCUT2D eigenvalue weighted by molar-refractivity contribution is 5.73. The van der Waals surface area contributed by atoms with E-state index in [1.807, 2.05) is 0 Å². The summed E-state index contributed by atoms with van der Waals surface area (Å²) in [6.07, 6.45) is 4.41. The molecule has 3 heteroatoms. The van der Waals surface area contributed by atoms with Crippen LogP contribution in [0.2, 0.25) is 0 Å². The Labute approximate surface area is 72.5 Å². The summed E-state index contributed by atoms with van der Waals surface area (Å²) in [6, 6.07) is 0. The standard InChI is InChI=1S/C9H15NO2/c11-9(7-2-1-3-7)12-8-4-5-10-6-8/h7-8,10H,1-6H2/t8-/m0/s1. The Hall–Kier alpha value is -0.570. The summed E-state index contributed by atoms with van der Waals surface area (Å²) in [4.78, 5) is 11.3. The topological polar surface area (TPSA) is 38.3 Å². The van der Waals surface area contributed by atoms with Crippen molar-refractivity contribution in [2.24, 2.45) is 5.92 Å². The molecule has 1 saturated heterocycles. The van der Waals surface area contributed by atoms with E-state index >= 15 is 0 Å². The minimum absolute atomic E-state index is 0.0370. The second-order valence-corrected chi connectivity index (χ2v) is 3.68. The predicted molar refractivity (Wildman–Crippen MR) is 44.7 cm³/mol. The van der Waals surface area contributed by atoms with Crippen molar-refractivity contribution < 1.29 is 9.53 Å². The Balaban J connectivity index is 1.73. The SMILES string of the molecule is O=C(O[C@H]1CCNC1)C1CCC1. The van der Waals surface area contributed by atoms with Gasteiger partial charge in [0.1, 0.15) is 6.10 Å². The van der Waals surface area contributed by atoms with Crippen molar-refractivity contribution in [2.75, 3.05) is 13.1 Å². The van der Waals surface area contributed by atoms with E-state index < -0.39 is 0 Å². The van der Waals surface area contributed by atoms with Crippen LogP contribution < -0.4 is 5.32 Å². The van der Waals surface area contributed by atoms with E-state index in [2.05, 4.69) is 5.32 Å². The Morgan fingerprint density at radius 2 is 2.17 bits per heavy atom. The molecule has 1 aliphatic heterocycles. The average molecular weight is 169 g/mol. The van der Waals surface area contributed by atoms with Crippen LogP contribution in [0, 0.1) is 5.92 Å². The molecule has 0 radical (unpaired) electrons. The van der Waals surface area contributed by atoms with E-state index in [0.717, 1.165) is 32.4 Å². The van der Waals surface area contributed by atoms with Gasteiger partial charge < -0.3 is 10.1 Å². The third kappa shape index (κ3) is 1.61. The Kier molecular flexibility index (Phi) is 2.30. The maximum atomic E-state index is 11.3. The highest BCUT2D eigenvalue weighted by Gasteiger charge is 2.29. The molecule has 1 saturated carbocycles. The van der Waals surface area contributed by atoms with Crippen molar-refractivity contribution in [1.82, 2.24) is 5.32 Å². The third-order valence-corrected chi connectivity index (χ3v) is 2.74. The molecule has 1 N–H and O–H groups in total. The molecule has 0 unspecified atom stereocenters. The Morgan fingerprint density at radius 3 is 2.67 bits per heavy atom. The van der Waals surface area contributed by atoms with Crippen molar-refractivity contribution in [3.63, 3.8) is 0 Å². The largest absolute Gasteiger partial charge is 0.461 e. The van der Waals surface area contributed by atoms with Gasteiger partial charge in [-0.1, -0.05) is 6.42 Å². The van der Waals surface area contributed by atoms with Gasteiger partial charge in [0.05, 0.1) is 5.92 Å². The van der Waals surface area contributed by atoms with Gasteiger partial charge in [0.15, 0.2) is 0 Å². The molecule has 68 valence electrons. The number of esters is 1. The van der Waals surface area contributed by atoms with E-state index in [9.17, 15) is 4.79 Å². The lowest BCUT2D eigenvalue weighted by atomic mass is 9.86. The molecule has 12 heavy (non-hydrogen) atoms. The predicted octanol–water partition coefficient (Wildman–Crippen LogP) is 0.692. The summed E-state index contributed by atoms with van der Waals surface area (Å²) < 4.78 is 5.31. The molecule has 0 aromatic carbocycles. The van der Waals surface area contributed by atoms with Crippen LogP contribution in [0.1, 0.15) is 25.7 Å². The maximum Gasteiger partial charge on any atom is 0.309 e. The van der Waals surface area contributed by atoms with Crippen LogP contribution in [0.15, 0.2) is 0 Å². The number of carbonyl (C=O) groups is 1. The summed E-state index contributed by atoms with van der Waals surface area (Å²) >= 11 is 0. The molecule has 0 aromatic rings. The Morgan fingerprint density at radius 1 is 1.33 bits per heavy atom. The molecule has 3 nitrogen and oxygen atoms in total. The lowest BCUT2D eigenvalue weighted by Crippen LogP contribution is -2.29. The molecular weight excluding hydrogens is 154 g/mol. The van der Waals surface area contributed by atoms with Crippen molar-refractivity contribution in [3.05, 3.63) is 0 Å². The highest BCUT2D eigenvalue weighted by atomic mass is 16.5. The third-order valence-electron chi connectivity index (χ3n) is 2.74. The van der Waals surface area contributed by atoms with Crippen molar-refractivity contribution in [3.8, 4) is 0 Å². The van der Waals surface area contributed by atoms with E-state index in [4.69, 9.17) is 4.74 Å². The smallest absolute Gasteiger partial charge is 0.309 e. The lowest BCUT2D eigenvalue weighted by Gasteiger charge is -2.24. The Bertz CT molecular complexity index is 171. The molecule has 1 atom stereocenters. The molecule has 1 aliphatic carbocycles. The molecule has 1 heterocycles. The molecule has 0 aromatic heterocycles. The monoisotopic (exact) mass is 169 g/mol. The normalized spacial score (nSPS) is 29.8. The fraction of sp³-hybridized carbons (Fsp3) is 0.889. The zero-order chi connectivity index (χ0) is 8.39. The van der Waals surface area contributed by atoms with E-state index in [1.54, 1.807) is 0 Å². The van der Waals surface area contributed by atoms with Crippen LogP contribution >= 0.6 is 0 Å². The molecule has 2 fully saturated rings. The molecular formula is C9H15NO2. The van der Waals surface area contributed by atoms with Crippen molar-refractivity contribution in [2.45, 2.75) is 31.8 Å². The van der Waals surface area contributed by atoms with E-state index in [0.29, 0.717) is 0 Å². The second-order valence-electron chi connectivity index (χ2n) is 3.68. The van der Waals surface area contributed by atoms with Gasteiger partial charge in [-0.3, -0.25) is 4.79 Å². The summed E-state index contributed by atoms with van der Waals surface area (Å²) in [7, 11) is 0. The zero-order valence-corrected chi connectivity index (χ0v) is 7.21. The molecule has 2 aliphatic rings. The van der Waals surface area contributed by atoms with Crippen LogP contribution in [-0.2, 0) is 9.53 Å². The first kappa shape index (κ1) is 8.05. The summed E-state index contributed by atoms with van der Waals surface area (Å²) in [5.74, 6) is 0.264. The molecule has 2 rings (SSSR count). The van der Waals surface area contributed by atoms with Gasteiger partial charge in [-0.2, -0.15) is 0 Å². The average Bonchev–Trinajstić information content (AvgIpc) is 2.34. The van der Waals surface area contributed by atoms with Crippen molar-refractivity contribution >= 4 is 5.97 Å². The number of hydrogen-bond donors (Lipinski definition) is 1. The number of ether oxygens (including phenoxy) is 1. The number of nitrogens with one attached hydrogen (secondary N) is 1. The van der Waals surface area contributed by atoms with E-state index in [-0.39, 0.29) is 18.0 Å². The van der Waals surface area contributed by atoms with Gasteiger partial charge in [0, 0.05) is 6.54 Å². The van der Waals surface area contributed by atoms with Gasteiger partial charge in [-0.05, 0) is 25.8 Å². The number of rotatable bonds is 2. The minimum atomic E-state index is 0.0370. The first-order chi connectivity index (χ1) is 5.86. The first-order valence-electron chi connectivity index (χ1n) is 4.77. The summed E-state index contributed by atoms with van der Waals surface area (Å²) in [5.41, 5.74) is 0. The maximum absolute atomic E-state index is 11.3. The molecule has 0 bridgehead atoms. The fourth-order valence-corrected chi connectivity index (χ4v) is 1.63. The zero-order valence-electron chi connectivity index (χ0n) is 7.21. The van der Waals surface area contributed by atoms with Crippen LogP contribution in [-0.4, -0.2) is 25.2 Å². The summed E-state index contributed by atoms with van der Waals surface area (Å²) in [6.45, 7) is 1.83. The quantitative estimate of drug-likeness (QED) is 0.618. The molecule has 0 spiro atoms. The lowest BCUT2D eigenvalue weighted by molar-refractivity contribution is -0.156. The first-order valence-corrected chi connectivity index (χ1v) is 4.77. The van der Waals surface area contributed by atoms with Crippen LogP contribution in [0.25, 0.3) is 0 Å².